The number of carbonyl (C=O) groups excluding carboxylic acids is 2. The Morgan fingerprint density at radius 3 is 2.58 bits per heavy atom. The Hall–Kier alpha value is -3.18. The maximum Gasteiger partial charge on any atom is 0.337 e. The summed E-state index contributed by atoms with van der Waals surface area (Å²) in [5.41, 5.74) is 5.83. The number of rotatable bonds is 4. The number of halogens is 1. The Morgan fingerprint density at radius 2 is 1.91 bits per heavy atom. The summed E-state index contributed by atoms with van der Waals surface area (Å²) in [7, 11) is -0.127. The summed E-state index contributed by atoms with van der Waals surface area (Å²) < 4.78 is 43.3. The summed E-state index contributed by atoms with van der Waals surface area (Å²) >= 11 is 0. The second-order valence-electron chi connectivity index (χ2n) is 7.98. The van der Waals surface area contributed by atoms with Crippen molar-refractivity contribution in [3.05, 3.63) is 58.9 Å². The van der Waals surface area contributed by atoms with Crippen molar-refractivity contribution in [3.63, 3.8) is 0 Å². The van der Waals surface area contributed by atoms with Crippen molar-refractivity contribution in [3.8, 4) is 0 Å². The topological polar surface area (TPSA) is 99.3 Å². The predicted molar refractivity (Wildman–Crippen MR) is 121 cm³/mol. The van der Waals surface area contributed by atoms with Crippen LogP contribution in [0.4, 0.5) is 20.6 Å². The van der Waals surface area contributed by atoms with Crippen LogP contribution in [0.5, 0.6) is 0 Å². The van der Waals surface area contributed by atoms with Crippen molar-refractivity contribution in [2.75, 3.05) is 48.7 Å². The number of hydrogen-bond donors (Lipinski definition) is 1. The van der Waals surface area contributed by atoms with E-state index in [-0.39, 0.29) is 42.3 Å². The van der Waals surface area contributed by atoms with E-state index < -0.39 is 27.7 Å². The van der Waals surface area contributed by atoms with Crippen LogP contribution in [-0.4, -0.2) is 64.1 Å². The molecule has 2 aliphatic heterocycles. The van der Waals surface area contributed by atoms with Crippen LogP contribution in [0.2, 0.25) is 0 Å². The first-order chi connectivity index (χ1) is 15.7. The highest BCUT2D eigenvalue weighted by atomic mass is 32.2. The molecule has 0 bridgehead atoms. The zero-order chi connectivity index (χ0) is 23.8. The van der Waals surface area contributed by atoms with Gasteiger partial charge in [0.1, 0.15) is 5.82 Å². The van der Waals surface area contributed by atoms with Crippen LogP contribution in [0, 0.1) is 5.82 Å². The molecular formula is C22H25FN4O5S. The summed E-state index contributed by atoms with van der Waals surface area (Å²) in [6.07, 6.45) is 0. The lowest BCUT2D eigenvalue weighted by Gasteiger charge is -2.34. The van der Waals surface area contributed by atoms with Gasteiger partial charge < -0.3 is 14.6 Å². The zero-order valence-electron chi connectivity index (χ0n) is 18.4. The number of hydrogen-bond acceptors (Lipinski definition) is 7. The molecule has 2 aromatic rings. The molecule has 4 rings (SSSR count). The van der Waals surface area contributed by atoms with Crippen LogP contribution < -0.4 is 15.3 Å². The van der Waals surface area contributed by atoms with Crippen molar-refractivity contribution < 1.29 is 27.1 Å². The van der Waals surface area contributed by atoms with E-state index >= 15 is 0 Å². The van der Waals surface area contributed by atoms with Crippen molar-refractivity contribution in [1.82, 2.24) is 10.3 Å². The van der Waals surface area contributed by atoms with Gasteiger partial charge in [-0.2, -0.15) is 0 Å². The number of ether oxygens (including phenoxy) is 1. The number of nitrogens with one attached hydrogen (secondary N) is 1. The highest BCUT2D eigenvalue weighted by Gasteiger charge is 2.32. The van der Waals surface area contributed by atoms with E-state index in [1.807, 2.05) is 24.2 Å². The van der Waals surface area contributed by atoms with Gasteiger partial charge in [-0.25, -0.2) is 27.8 Å². The minimum atomic E-state index is -3.17. The van der Waals surface area contributed by atoms with E-state index in [0.717, 1.165) is 17.3 Å². The second-order valence-corrected chi connectivity index (χ2v) is 10.3. The largest absolute Gasteiger partial charge is 0.465 e. The summed E-state index contributed by atoms with van der Waals surface area (Å²) in [6.45, 7) is 0.639. The SMILES string of the molecule is COC(=O)c1ccc(CN(C(=O)N2CCS(=O)(=O)CC2)c2cccc3c2N(C)NC3)c(F)c1. The minimum absolute atomic E-state index is 0.0717. The van der Waals surface area contributed by atoms with Gasteiger partial charge in [0, 0.05) is 32.2 Å². The Balaban J connectivity index is 1.71. The molecule has 0 spiro atoms. The third-order valence-electron chi connectivity index (χ3n) is 5.88. The lowest BCUT2D eigenvalue weighted by atomic mass is 10.1. The van der Waals surface area contributed by atoms with Gasteiger partial charge in [0.25, 0.3) is 0 Å². The molecule has 2 amide bonds. The van der Waals surface area contributed by atoms with Gasteiger partial charge in [-0.3, -0.25) is 4.90 Å². The number of hydrazine groups is 1. The van der Waals surface area contributed by atoms with E-state index in [1.165, 1.54) is 29.0 Å². The summed E-state index contributed by atoms with van der Waals surface area (Å²) in [5, 5.41) is 1.81. The molecule has 1 fully saturated rings. The number of sulfone groups is 1. The number of amides is 2. The molecule has 0 radical (unpaired) electrons. The fourth-order valence-electron chi connectivity index (χ4n) is 4.03. The fourth-order valence-corrected chi connectivity index (χ4v) is 5.23. The molecule has 0 aromatic heterocycles. The third-order valence-corrected chi connectivity index (χ3v) is 7.49. The van der Waals surface area contributed by atoms with Crippen LogP contribution >= 0.6 is 0 Å². The smallest absolute Gasteiger partial charge is 0.337 e. The number of nitrogens with zero attached hydrogens (tertiary/aromatic N) is 3. The van der Waals surface area contributed by atoms with E-state index in [0.29, 0.717) is 12.2 Å². The number of fused-ring (bicyclic) bond motifs is 1. The van der Waals surface area contributed by atoms with E-state index in [4.69, 9.17) is 0 Å². The minimum Gasteiger partial charge on any atom is -0.465 e. The van der Waals surface area contributed by atoms with Gasteiger partial charge in [0.05, 0.1) is 42.1 Å². The van der Waals surface area contributed by atoms with Gasteiger partial charge >= 0.3 is 12.0 Å². The number of carbonyl (C=O) groups is 2. The van der Waals surface area contributed by atoms with Gasteiger partial charge in [-0.15, -0.1) is 0 Å². The molecule has 0 atom stereocenters. The van der Waals surface area contributed by atoms with Crippen LogP contribution in [0.15, 0.2) is 36.4 Å². The summed E-state index contributed by atoms with van der Waals surface area (Å²) in [5.74, 6) is -1.51. The predicted octanol–water partition coefficient (Wildman–Crippen LogP) is 1.92. The second kappa shape index (κ2) is 8.99. The first-order valence-electron chi connectivity index (χ1n) is 10.4. The third kappa shape index (κ3) is 4.64. The molecule has 0 unspecified atom stereocenters. The molecule has 11 heteroatoms. The lowest BCUT2D eigenvalue weighted by Crippen LogP contribution is -2.50. The number of esters is 1. The first kappa shape index (κ1) is 23.0. The molecule has 1 N–H and O–H groups in total. The molecule has 33 heavy (non-hydrogen) atoms. The van der Waals surface area contributed by atoms with Crippen LogP contribution in [0.3, 0.4) is 0 Å². The van der Waals surface area contributed by atoms with E-state index in [2.05, 4.69) is 10.2 Å². The van der Waals surface area contributed by atoms with Crippen LogP contribution in [-0.2, 0) is 27.7 Å². The standard InChI is InChI=1S/C22H25FN4O5S/c1-25-20-16(13-24-25)4-3-5-19(20)27(22(29)26-8-10-33(30,31)11-9-26)14-17-7-6-15(12-18(17)23)21(28)32-2/h3-7,12,24H,8-11,13-14H2,1-2H3. The van der Waals surface area contributed by atoms with E-state index in [1.54, 1.807) is 6.07 Å². The summed E-state index contributed by atoms with van der Waals surface area (Å²) in [4.78, 5) is 28.2. The molecule has 176 valence electrons. The van der Waals surface area contributed by atoms with Crippen molar-refractivity contribution in [2.24, 2.45) is 0 Å². The number of benzene rings is 2. The fraction of sp³-hybridized carbons (Fsp3) is 0.364. The average Bonchev–Trinajstić information content (AvgIpc) is 3.18. The van der Waals surface area contributed by atoms with Crippen molar-refractivity contribution >= 4 is 33.2 Å². The number of anilines is 2. The average molecular weight is 477 g/mol. The molecule has 0 aliphatic carbocycles. The van der Waals surface area contributed by atoms with Crippen molar-refractivity contribution in [1.29, 1.82) is 0 Å². The van der Waals surface area contributed by atoms with Crippen LogP contribution in [0.1, 0.15) is 21.5 Å². The Bertz CT molecular complexity index is 1190. The van der Waals surface area contributed by atoms with Crippen LogP contribution in [0.25, 0.3) is 0 Å². The molecule has 2 aliphatic rings. The van der Waals surface area contributed by atoms with Gasteiger partial charge in [0.2, 0.25) is 0 Å². The highest BCUT2D eigenvalue weighted by molar-refractivity contribution is 7.91. The molecule has 0 saturated carbocycles. The highest BCUT2D eigenvalue weighted by Crippen LogP contribution is 2.36. The quantitative estimate of drug-likeness (QED) is 0.673. The Morgan fingerprint density at radius 1 is 1.18 bits per heavy atom. The number of methoxy groups -OCH3 is 1. The number of urea groups is 1. The normalized spacial score (nSPS) is 16.9. The molecule has 9 nitrogen and oxygen atoms in total. The van der Waals surface area contributed by atoms with Gasteiger partial charge in [-0.05, 0) is 23.8 Å². The lowest BCUT2D eigenvalue weighted by molar-refractivity contribution is 0.0600. The van der Waals surface area contributed by atoms with Crippen molar-refractivity contribution in [2.45, 2.75) is 13.1 Å². The molecule has 2 aromatic carbocycles. The Kier molecular flexibility index (Phi) is 6.26. The monoisotopic (exact) mass is 476 g/mol. The van der Waals surface area contributed by atoms with Gasteiger partial charge in [0.15, 0.2) is 9.84 Å². The molecule has 1 saturated heterocycles. The molecular weight excluding hydrogens is 451 g/mol. The Labute approximate surface area is 191 Å². The maximum atomic E-state index is 14.9. The maximum absolute atomic E-state index is 14.9. The molecule has 2 heterocycles. The summed E-state index contributed by atoms with van der Waals surface area (Å²) in [6, 6.07) is 9.12. The van der Waals surface area contributed by atoms with E-state index in [9.17, 15) is 22.4 Å². The van der Waals surface area contributed by atoms with Gasteiger partial charge in [-0.1, -0.05) is 18.2 Å². The number of para-hydroxylation sites is 1. The zero-order valence-corrected chi connectivity index (χ0v) is 19.2. The first-order valence-corrected chi connectivity index (χ1v) is 12.2.